The van der Waals surface area contributed by atoms with Gasteiger partial charge in [0.15, 0.2) is 5.69 Å². The molecule has 1 aliphatic rings. The van der Waals surface area contributed by atoms with Crippen LogP contribution in [0.4, 0.5) is 4.79 Å². The van der Waals surface area contributed by atoms with E-state index >= 15 is 0 Å². The van der Waals surface area contributed by atoms with Gasteiger partial charge in [0.2, 0.25) is 0 Å². The van der Waals surface area contributed by atoms with Gasteiger partial charge in [-0.15, -0.1) is 4.57 Å². The zero-order chi connectivity index (χ0) is 9.26. The highest BCUT2D eigenvalue weighted by Crippen LogP contribution is 2.02. The summed E-state index contributed by atoms with van der Waals surface area (Å²) in [6.07, 6.45) is 4.46. The molecule has 78 valence electrons. The Morgan fingerprint density at radius 2 is 2.43 bits per heavy atom. The predicted octanol–water partition coefficient (Wildman–Crippen LogP) is -4.11. The summed E-state index contributed by atoms with van der Waals surface area (Å²) >= 11 is 0. The van der Waals surface area contributed by atoms with Crippen LogP contribution in [0.25, 0.3) is 0 Å². The van der Waals surface area contributed by atoms with E-state index in [0.29, 0.717) is 13.1 Å². The van der Waals surface area contributed by atoms with Crippen molar-refractivity contribution in [3.8, 4) is 0 Å². The molecule has 1 aliphatic heterocycles. The lowest BCUT2D eigenvalue weighted by Gasteiger charge is -2.07. The molecule has 0 bridgehead atoms. The maximum atomic E-state index is 11.3. The number of rotatable bonds is 2. The first-order valence-corrected chi connectivity index (χ1v) is 4.30. The monoisotopic (exact) mass is 261 g/mol. The van der Waals surface area contributed by atoms with Gasteiger partial charge in [0.05, 0.1) is 6.61 Å². The number of carbonyl (C=O) groups is 1. The fourth-order valence-electron chi connectivity index (χ4n) is 1.50. The number of nitrogens with zero attached hydrogens (tertiary/aromatic N) is 2. The van der Waals surface area contributed by atoms with Crippen LogP contribution < -0.4 is 26.9 Å². The van der Waals surface area contributed by atoms with Crippen LogP contribution in [0.15, 0.2) is 12.5 Å². The van der Waals surface area contributed by atoms with Crippen LogP contribution >= 0.6 is 0 Å². The SMILES string of the molecule is O=C1NCCc2c[n+](CCO)cn21.[Br-]. The summed E-state index contributed by atoms with van der Waals surface area (Å²) < 4.78 is 3.40. The predicted molar refractivity (Wildman–Crippen MR) is 44.2 cm³/mol. The third-order valence-electron chi connectivity index (χ3n) is 2.12. The van der Waals surface area contributed by atoms with E-state index in [-0.39, 0.29) is 29.6 Å². The first kappa shape index (κ1) is 11.2. The molecule has 0 radical (unpaired) electrons. The van der Waals surface area contributed by atoms with Gasteiger partial charge >= 0.3 is 6.03 Å². The van der Waals surface area contributed by atoms with Crippen molar-refractivity contribution in [1.82, 2.24) is 9.88 Å². The van der Waals surface area contributed by atoms with E-state index in [1.807, 2.05) is 10.8 Å². The molecule has 0 saturated heterocycles. The molecular weight excluding hydrogens is 250 g/mol. The van der Waals surface area contributed by atoms with Gasteiger partial charge in [-0.25, -0.2) is 9.36 Å². The molecule has 0 fully saturated rings. The normalized spacial score (nSPS) is 14.2. The van der Waals surface area contributed by atoms with Gasteiger partial charge in [-0.1, -0.05) is 0 Å². The summed E-state index contributed by atoms with van der Waals surface area (Å²) in [4.78, 5) is 11.3. The molecule has 0 aromatic carbocycles. The minimum Gasteiger partial charge on any atom is -1.00 e. The van der Waals surface area contributed by atoms with E-state index in [1.54, 1.807) is 10.9 Å². The number of aromatic nitrogens is 2. The molecule has 5 nitrogen and oxygen atoms in total. The number of imidazole rings is 1. The number of aliphatic hydroxyl groups excluding tert-OH is 1. The second-order valence-corrected chi connectivity index (χ2v) is 3.05. The number of amides is 1. The standard InChI is InChI=1S/C8H11N3O2.BrH/c12-4-3-10-5-7-1-2-9-8(13)11(7)6-10;/h5-6,12H,1-4H2;1H. The van der Waals surface area contributed by atoms with Gasteiger partial charge in [0.1, 0.15) is 12.7 Å². The molecule has 0 unspecified atom stereocenters. The van der Waals surface area contributed by atoms with E-state index in [0.717, 1.165) is 12.1 Å². The molecule has 0 saturated carbocycles. The van der Waals surface area contributed by atoms with Crippen LogP contribution in [-0.2, 0) is 13.0 Å². The molecule has 0 spiro atoms. The Balaban J connectivity index is 0.000000980. The second kappa shape index (κ2) is 4.56. The topological polar surface area (TPSA) is 58.1 Å². The summed E-state index contributed by atoms with van der Waals surface area (Å²) in [5.41, 5.74) is 0.997. The van der Waals surface area contributed by atoms with E-state index < -0.39 is 0 Å². The van der Waals surface area contributed by atoms with Crippen molar-refractivity contribution < 1.29 is 31.4 Å². The van der Waals surface area contributed by atoms with Gasteiger partial charge in [0.25, 0.3) is 6.33 Å². The number of hydrogen-bond acceptors (Lipinski definition) is 2. The van der Waals surface area contributed by atoms with E-state index in [9.17, 15) is 4.79 Å². The molecule has 2 rings (SSSR count). The Kier molecular flexibility index (Phi) is 3.65. The summed E-state index contributed by atoms with van der Waals surface area (Å²) in [7, 11) is 0. The lowest BCUT2D eigenvalue weighted by atomic mass is 10.3. The van der Waals surface area contributed by atoms with Crippen LogP contribution in [0.1, 0.15) is 5.69 Å². The van der Waals surface area contributed by atoms with Crippen LogP contribution in [0.2, 0.25) is 0 Å². The summed E-state index contributed by atoms with van der Waals surface area (Å²) in [5, 5.41) is 11.5. The van der Waals surface area contributed by atoms with Gasteiger partial charge < -0.3 is 27.4 Å². The molecule has 6 heteroatoms. The minimum absolute atomic E-state index is 0. The highest BCUT2D eigenvalue weighted by Gasteiger charge is 2.23. The average molecular weight is 262 g/mol. The Morgan fingerprint density at radius 3 is 3.07 bits per heavy atom. The fourth-order valence-corrected chi connectivity index (χ4v) is 1.50. The first-order valence-electron chi connectivity index (χ1n) is 4.30. The molecule has 1 aromatic heterocycles. The third-order valence-corrected chi connectivity index (χ3v) is 2.12. The molecule has 2 heterocycles. The highest BCUT2D eigenvalue weighted by atomic mass is 79.9. The molecule has 1 aromatic rings. The molecule has 14 heavy (non-hydrogen) atoms. The van der Waals surface area contributed by atoms with Crippen molar-refractivity contribution in [2.45, 2.75) is 13.0 Å². The van der Waals surface area contributed by atoms with E-state index in [4.69, 9.17) is 5.11 Å². The minimum atomic E-state index is -0.0852. The Morgan fingerprint density at radius 1 is 1.64 bits per heavy atom. The smallest absolute Gasteiger partial charge is 0.413 e. The lowest BCUT2D eigenvalue weighted by molar-refractivity contribution is -0.697. The molecule has 0 atom stereocenters. The highest BCUT2D eigenvalue weighted by molar-refractivity contribution is 5.77. The van der Waals surface area contributed by atoms with Crippen LogP contribution in [0, 0.1) is 0 Å². The number of nitrogens with one attached hydrogen (secondary N) is 1. The van der Waals surface area contributed by atoms with Gasteiger partial charge in [-0.2, -0.15) is 0 Å². The van der Waals surface area contributed by atoms with Crippen molar-refractivity contribution in [1.29, 1.82) is 0 Å². The van der Waals surface area contributed by atoms with Crippen LogP contribution in [-0.4, -0.2) is 28.9 Å². The van der Waals surface area contributed by atoms with Crippen molar-refractivity contribution in [3.63, 3.8) is 0 Å². The van der Waals surface area contributed by atoms with Crippen molar-refractivity contribution in [2.75, 3.05) is 13.2 Å². The molecular formula is C8H12BrN3O2. The van der Waals surface area contributed by atoms with Crippen molar-refractivity contribution >= 4 is 6.03 Å². The van der Waals surface area contributed by atoms with Crippen molar-refractivity contribution in [2.24, 2.45) is 0 Å². The number of halogens is 1. The van der Waals surface area contributed by atoms with Gasteiger partial charge in [-0.3, -0.25) is 0 Å². The summed E-state index contributed by atoms with van der Waals surface area (Å²) in [5.74, 6) is 0. The lowest BCUT2D eigenvalue weighted by Crippen LogP contribution is -3.00. The van der Waals surface area contributed by atoms with E-state index in [1.165, 1.54) is 0 Å². The van der Waals surface area contributed by atoms with Crippen LogP contribution in [0.5, 0.6) is 0 Å². The average Bonchev–Trinajstić information content (AvgIpc) is 2.49. The number of aliphatic hydroxyl groups is 1. The van der Waals surface area contributed by atoms with Crippen LogP contribution in [0.3, 0.4) is 0 Å². The molecule has 1 amide bonds. The Labute approximate surface area is 92.1 Å². The van der Waals surface area contributed by atoms with E-state index in [2.05, 4.69) is 5.32 Å². The number of carbonyl (C=O) groups excluding carboxylic acids is 1. The third kappa shape index (κ3) is 1.96. The number of hydrogen-bond donors (Lipinski definition) is 2. The summed E-state index contributed by atoms with van der Waals surface area (Å²) in [6, 6.07) is -0.0852. The first-order chi connectivity index (χ1) is 6.31. The quantitative estimate of drug-likeness (QED) is 0.532. The zero-order valence-electron chi connectivity index (χ0n) is 7.61. The maximum absolute atomic E-state index is 11.3. The largest absolute Gasteiger partial charge is 1.00 e. The molecule has 2 N–H and O–H groups in total. The fraction of sp³-hybridized carbons (Fsp3) is 0.500. The Bertz CT molecular complexity index is 337. The number of fused-ring (bicyclic) bond motifs is 1. The van der Waals surface area contributed by atoms with Gasteiger partial charge in [-0.05, 0) is 0 Å². The molecule has 0 aliphatic carbocycles. The second-order valence-electron chi connectivity index (χ2n) is 3.05. The van der Waals surface area contributed by atoms with Gasteiger partial charge in [0, 0.05) is 13.0 Å². The maximum Gasteiger partial charge on any atom is 0.413 e. The van der Waals surface area contributed by atoms with Crippen molar-refractivity contribution in [3.05, 3.63) is 18.2 Å². The Hall–Kier alpha value is -0.880. The zero-order valence-corrected chi connectivity index (χ0v) is 9.20. The summed E-state index contributed by atoms with van der Waals surface area (Å²) in [6.45, 7) is 1.32.